The van der Waals surface area contributed by atoms with Gasteiger partial charge in [-0.2, -0.15) is 0 Å². The summed E-state index contributed by atoms with van der Waals surface area (Å²) in [6.45, 7) is 18.3. The Morgan fingerprint density at radius 1 is 1.12 bits per heavy atom. The van der Waals surface area contributed by atoms with E-state index in [1.807, 2.05) is 12.3 Å². The van der Waals surface area contributed by atoms with Gasteiger partial charge < -0.3 is 13.6 Å². The number of nitrogens with zero attached hydrogens (tertiary/aromatic N) is 2. The van der Waals surface area contributed by atoms with Crippen molar-refractivity contribution in [2.75, 3.05) is 20.2 Å². The van der Waals surface area contributed by atoms with Crippen LogP contribution >= 0.6 is 0 Å². The summed E-state index contributed by atoms with van der Waals surface area (Å²) in [7, 11) is -1.73. The van der Waals surface area contributed by atoms with Gasteiger partial charge >= 0.3 is 0 Å². The third kappa shape index (κ3) is 5.22. The monoisotopic (exact) mass is 486 g/mol. The van der Waals surface area contributed by atoms with Crippen LogP contribution in [0.3, 0.4) is 0 Å². The summed E-state index contributed by atoms with van der Waals surface area (Å²) >= 11 is 0. The highest BCUT2D eigenvalue weighted by Gasteiger charge is 2.53. The summed E-state index contributed by atoms with van der Waals surface area (Å²) in [6, 6.07) is 8.70. The summed E-state index contributed by atoms with van der Waals surface area (Å²) in [5, 5.41) is 1.14. The lowest BCUT2D eigenvalue weighted by molar-refractivity contribution is -0.141. The summed E-state index contributed by atoms with van der Waals surface area (Å²) < 4.78 is 19.5. The molecule has 7 heteroatoms. The smallest absolute Gasteiger partial charge is 0.184 e. The van der Waals surface area contributed by atoms with Crippen molar-refractivity contribution in [1.29, 1.82) is 0 Å². The maximum Gasteiger partial charge on any atom is 0.184 e. The fraction of sp³-hybridized carbons (Fsp3) is 0.654. The standard InChI is InChI=1S/C26H42N2O3Si2/c1-9-26(31-33(6,7)8)18-28-15-13-19(26)16-24(28)25(30-32(3,4)5)21-12-14-27-23-11-10-20(29-2)17-22(21)23/h10-12,14,17,19,24-25H,9,13,15-16,18H2,1-8H3/t19-,24-,25+,26+/m0/s1. The van der Waals surface area contributed by atoms with Crippen LogP contribution in [-0.4, -0.2) is 58.4 Å². The van der Waals surface area contributed by atoms with Crippen LogP contribution in [0.1, 0.15) is 37.9 Å². The number of pyridine rings is 1. The van der Waals surface area contributed by atoms with Crippen LogP contribution in [0.4, 0.5) is 0 Å². The second-order valence-corrected chi connectivity index (χ2v) is 20.7. The Kier molecular flexibility index (Phi) is 6.84. The molecule has 5 nitrogen and oxygen atoms in total. The van der Waals surface area contributed by atoms with Gasteiger partial charge in [-0.15, -0.1) is 0 Å². The van der Waals surface area contributed by atoms with E-state index >= 15 is 0 Å². The molecule has 0 N–H and O–H groups in total. The van der Waals surface area contributed by atoms with Crippen LogP contribution in [-0.2, 0) is 8.85 Å². The Labute approximate surface area is 202 Å². The molecule has 3 aliphatic heterocycles. The van der Waals surface area contributed by atoms with Crippen molar-refractivity contribution in [3.8, 4) is 5.75 Å². The predicted octanol–water partition coefficient (Wildman–Crippen LogP) is 6.23. The molecule has 4 heterocycles. The summed E-state index contributed by atoms with van der Waals surface area (Å²) in [5.74, 6) is 1.45. The van der Waals surface area contributed by atoms with Crippen molar-refractivity contribution >= 4 is 27.5 Å². The molecule has 2 bridgehead atoms. The third-order valence-electron chi connectivity index (χ3n) is 7.20. The number of aromatic nitrogens is 1. The van der Waals surface area contributed by atoms with Crippen molar-refractivity contribution in [3.05, 3.63) is 36.0 Å². The van der Waals surface area contributed by atoms with Crippen LogP contribution < -0.4 is 4.74 Å². The molecule has 33 heavy (non-hydrogen) atoms. The van der Waals surface area contributed by atoms with E-state index in [-0.39, 0.29) is 11.7 Å². The fourth-order valence-electron chi connectivity index (χ4n) is 5.96. The molecule has 182 valence electrons. The van der Waals surface area contributed by atoms with E-state index in [1.54, 1.807) is 7.11 Å². The van der Waals surface area contributed by atoms with Crippen LogP contribution in [0.2, 0.25) is 39.3 Å². The van der Waals surface area contributed by atoms with Crippen molar-refractivity contribution < 1.29 is 13.6 Å². The van der Waals surface area contributed by atoms with Crippen LogP contribution in [0.15, 0.2) is 30.5 Å². The normalized spacial score (nSPS) is 28.8. The van der Waals surface area contributed by atoms with Crippen molar-refractivity contribution in [2.45, 2.75) is 83.2 Å². The van der Waals surface area contributed by atoms with Gasteiger partial charge in [0.15, 0.2) is 16.6 Å². The highest BCUT2D eigenvalue weighted by Crippen LogP contribution is 2.49. The Balaban J connectivity index is 1.74. The van der Waals surface area contributed by atoms with Crippen molar-refractivity contribution in [3.63, 3.8) is 0 Å². The highest BCUT2D eigenvalue weighted by molar-refractivity contribution is 6.70. The number of hydrogen-bond donors (Lipinski definition) is 0. The van der Waals surface area contributed by atoms with Gasteiger partial charge in [-0.25, -0.2) is 0 Å². The molecule has 2 aromatic rings. The molecule has 1 aromatic carbocycles. The molecule has 0 aliphatic carbocycles. The second-order valence-electron chi connectivity index (χ2n) is 11.8. The molecule has 0 spiro atoms. The molecule has 0 radical (unpaired) electrons. The van der Waals surface area contributed by atoms with Gasteiger partial charge in [0.1, 0.15) is 5.75 Å². The lowest BCUT2D eigenvalue weighted by Gasteiger charge is -2.59. The van der Waals surface area contributed by atoms with E-state index < -0.39 is 16.6 Å². The first-order chi connectivity index (χ1) is 15.4. The molecule has 3 saturated heterocycles. The first kappa shape index (κ1) is 24.9. The summed E-state index contributed by atoms with van der Waals surface area (Å²) in [4.78, 5) is 7.32. The van der Waals surface area contributed by atoms with E-state index in [0.717, 1.165) is 42.6 Å². The van der Waals surface area contributed by atoms with Gasteiger partial charge in [0.25, 0.3) is 0 Å². The van der Waals surface area contributed by atoms with E-state index in [9.17, 15) is 0 Å². The Bertz CT molecular complexity index is 988. The average molecular weight is 487 g/mol. The molecule has 0 saturated carbocycles. The minimum atomic E-state index is -1.81. The minimum absolute atomic E-state index is 0.00748. The number of piperidine rings is 3. The van der Waals surface area contributed by atoms with Crippen molar-refractivity contribution in [2.24, 2.45) is 5.92 Å². The van der Waals surface area contributed by atoms with Crippen molar-refractivity contribution in [1.82, 2.24) is 9.88 Å². The second kappa shape index (κ2) is 9.08. The highest BCUT2D eigenvalue weighted by atomic mass is 28.4. The largest absolute Gasteiger partial charge is 0.497 e. The van der Waals surface area contributed by atoms with Gasteiger partial charge in [-0.05, 0) is 101 Å². The quantitative estimate of drug-likeness (QED) is 0.414. The Morgan fingerprint density at radius 3 is 2.45 bits per heavy atom. The maximum atomic E-state index is 7.00. The molecule has 0 amide bonds. The first-order valence-corrected chi connectivity index (χ1v) is 19.3. The number of ether oxygens (including phenoxy) is 1. The van der Waals surface area contributed by atoms with Gasteiger partial charge in [-0.1, -0.05) is 6.92 Å². The molecule has 5 atom stereocenters. The van der Waals surface area contributed by atoms with E-state index in [1.165, 1.54) is 12.0 Å². The minimum Gasteiger partial charge on any atom is -0.497 e. The van der Waals surface area contributed by atoms with Gasteiger partial charge in [0.05, 0.1) is 24.3 Å². The van der Waals surface area contributed by atoms with Crippen LogP contribution in [0, 0.1) is 5.92 Å². The SMILES string of the molecule is CC[C@@]1(O[Si](C)(C)C)CN2CC[C@H]1C[C@H]2[C@H](O[Si](C)(C)C)c1ccnc2ccc(OC)cc12. The number of hydrogen-bond acceptors (Lipinski definition) is 5. The molecule has 1 aromatic heterocycles. The zero-order chi connectivity index (χ0) is 24.0. The predicted molar refractivity (Wildman–Crippen MR) is 141 cm³/mol. The lowest BCUT2D eigenvalue weighted by Crippen LogP contribution is -2.66. The topological polar surface area (TPSA) is 43.8 Å². The van der Waals surface area contributed by atoms with Gasteiger partial charge in [-0.3, -0.25) is 9.88 Å². The summed E-state index contributed by atoms with van der Waals surface area (Å²) in [5.41, 5.74) is 2.23. The number of fused-ring (bicyclic) bond motifs is 4. The zero-order valence-electron chi connectivity index (χ0n) is 21.8. The average Bonchev–Trinajstić information content (AvgIpc) is 2.75. The molecule has 1 unspecified atom stereocenters. The zero-order valence-corrected chi connectivity index (χ0v) is 23.8. The van der Waals surface area contributed by atoms with Gasteiger partial charge in [0.2, 0.25) is 0 Å². The fourth-order valence-corrected chi connectivity index (χ4v) is 8.60. The van der Waals surface area contributed by atoms with Gasteiger partial charge in [0, 0.05) is 24.2 Å². The van der Waals surface area contributed by atoms with Crippen LogP contribution in [0.25, 0.3) is 10.9 Å². The first-order valence-electron chi connectivity index (χ1n) is 12.5. The third-order valence-corrected chi connectivity index (χ3v) is 9.18. The maximum absolute atomic E-state index is 7.00. The Morgan fingerprint density at radius 2 is 1.88 bits per heavy atom. The summed E-state index contributed by atoms with van der Waals surface area (Å²) in [6.07, 6.45) is 5.39. The van der Waals surface area contributed by atoms with E-state index in [0.29, 0.717) is 12.0 Å². The molecular weight excluding hydrogens is 444 g/mol. The molecule has 3 fully saturated rings. The number of rotatable bonds is 8. The molecule has 3 aliphatic rings. The Hall–Kier alpha value is -1.26. The number of benzene rings is 1. The lowest BCUT2D eigenvalue weighted by atomic mass is 9.69. The van der Waals surface area contributed by atoms with Crippen LogP contribution in [0.5, 0.6) is 5.75 Å². The molecular formula is C26H42N2O3Si2. The molecule has 5 rings (SSSR count). The number of methoxy groups -OCH3 is 1. The van der Waals surface area contributed by atoms with E-state index in [2.05, 4.69) is 74.3 Å². The van der Waals surface area contributed by atoms with E-state index in [4.69, 9.17) is 13.6 Å².